The van der Waals surface area contributed by atoms with Crippen LogP contribution in [-0.4, -0.2) is 11.0 Å². The van der Waals surface area contributed by atoms with Crippen LogP contribution in [0.15, 0.2) is 48.7 Å². The number of esters is 1. The minimum absolute atomic E-state index is 0.272. The second-order valence-electron chi connectivity index (χ2n) is 3.63. The number of hydrogen-bond donors (Lipinski definition) is 0. The zero-order valence-corrected chi connectivity index (χ0v) is 8.46. The van der Waals surface area contributed by atoms with Crippen LogP contribution in [0.1, 0.15) is 27.7 Å². The molecule has 16 heavy (non-hydrogen) atoms. The number of aromatic nitrogens is 1. The number of nitrogens with zero attached hydrogens (tertiary/aromatic N) is 1. The van der Waals surface area contributed by atoms with Crippen LogP contribution in [0, 0.1) is 0 Å². The molecule has 0 amide bonds. The first-order valence-electron chi connectivity index (χ1n) is 5.07. The van der Waals surface area contributed by atoms with Gasteiger partial charge in [0, 0.05) is 11.8 Å². The molecule has 2 aromatic rings. The molecule has 78 valence electrons. The molecule has 0 fully saturated rings. The van der Waals surface area contributed by atoms with Gasteiger partial charge in [0.25, 0.3) is 0 Å². The summed E-state index contributed by atoms with van der Waals surface area (Å²) in [4.78, 5) is 15.8. The van der Waals surface area contributed by atoms with E-state index in [4.69, 9.17) is 4.74 Å². The minimum atomic E-state index is -0.357. The number of pyridine rings is 1. The average Bonchev–Trinajstić information content (AvgIpc) is 2.69. The molecule has 3 rings (SSSR count). The average molecular weight is 211 g/mol. The molecule has 0 spiro atoms. The van der Waals surface area contributed by atoms with Gasteiger partial charge in [0.1, 0.15) is 0 Å². The lowest BCUT2D eigenvalue weighted by Crippen LogP contribution is -2.02. The fourth-order valence-corrected chi connectivity index (χ4v) is 1.90. The van der Waals surface area contributed by atoms with Crippen LogP contribution in [0.3, 0.4) is 0 Å². The highest BCUT2D eigenvalue weighted by molar-refractivity contribution is 5.94. The minimum Gasteiger partial charge on any atom is -0.447 e. The molecule has 1 aliphatic rings. The van der Waals surface area contributed by atoms with E-state index < -0.39 is 0 Å². The van der Waals surface area contributed by atoms with E-state index in [0.717, 1.165) is 11.3 Å². The van der Waals surface area contributed by atoms with E-state index >= 15 is 0 Å². The van der Waals surface area contributed by atoms with Crippen molar-refractivity contribution in [3.05, 3.63) is 65.5 Å². The molecule has 1 aliphatic heterocycles. The van der Waals surface area contributed by atoms with Crippen molar-refractivity contribution in [2.24, 2.45) is 0 Å². The summed E-state index contributed by atoms with van der Waals surface area (Å²) in [6.07, 6.45) is 1.34. The number of carbonyl (C=O) groups is 1. The number of hydrogen-bond acceptors (Lipinski definition) is 3. The second-order valence-corrected chi connectivity index (χ2v) is 3.63. The normalized spacial score (nSPS) is 18.0. The van der Waals surface area contributed by atoms with Gasteiger partial charge in [-0.25, -0.2) is 4.79 Å². The van der Waals surface area contributed by atoms with Gasteiger partial charge in [0.2, 0.25) is 0 Å². The highest BCUT2D eigenvalue weighted by Gasteiger charge is 2.32. The van der Waals surface area contributed by atoms with Crippen molar-refractivity contribution in [1.29, 1.82) is 0 Å². The molecule has 0 saturated carbocycles. The van der Waals surface area contributed by atoms with E-state index in [0.29, 0.717) is 5.56 Å². The molecule has 0 N–H and O–H groups in total. The van der Waals surface area contributed by atoms with Crippen molar-refractivity contribution < 1.29 is 9.53 Å². The Kier molecular flexibility index (Phi) is 1.96. The Labute approximate surface area is 92.7 Å². The van der Waals surface area contributed by atoms with Crippen molar-refractivity contribution in [2.45, 2.75) is 6.10 Å². The van der Waals surface area contributed by atoms with E-state index in [1.165, 1.54) is 0 Å². The van der Waals surface area contributed by atoms with Gasteiger partial charge < -0.3 is 4.74 Å². The summed E-state index contributed by atoms with van der Waals surface area (Å²) in [5.74, 6) is -0.272. The summed E-state index contributed by atoms with van der Waals surface area (Å²) < 4.78 is 5.32. The van der Waals surface area contributed by atoms with Crippen molar-refractivity contribution in [3.8, 4) is 0 Å². The van der Waals surface area contributed by atoms with Gasteiger partial charge in [-0.3, -0.25) is 4.98 Å². The quantitative estimate of drug-likeness (QED) is 0.679. The summed E-state index contributed by atoms with van der Waals surface area (Å²) in [7, 11) is 0. The van der Waals surface area contributed by atoms with Gasteiger partial charge in [-0.15, -0.1) is 0 Å². The third-order valence-electron chi connectivity index (χ3n) is 2.64. The van der Waals surface area contributed by atoms with Crippen molar-refractivity contribution in [3.63, 3.8) is 0 Å². The predicted molar refractivity (Wildman–Crippen MR) is 57.9 cm³/mol. The Morgan fingerprint density at radius 2 is 1.88 bits per heavy atom. The smallest absolute Gasteiger partial charge is 0.339 e. The van der Waals surface area contributed by atoms with Crippen LogP contribution in [0.25, 0.3) is 0 Å². The predicted octanol–water partition coefficient (Wildman–Crippen LogP) is 2.34. The van der Waals surface area contributed by atoms with Crippen molar-refractivity contribution in [2.75, 3.05) is 0 Å². The summed E-state index contributed by atoms with van der Waals surface area (Å²) >= 11 is 0. The number of carbonyl (C=O) groups excluding carboxylic acids is 1. The largest absolute Gasteiger partial charge is 0.447 e. The fourth-order valence-electron chi connectivity index (χ4n) is 1.90. The number of fused-ring (bicyclic) bond motifs is 1. The molecule has 0 saturated heterocycles. The highest BCUT2D eigenvalue weighted by Crippen LogP contribution is 2.34. The van der Waals surface area contributed by atoms with Gasteiger partial charge in [-0.05, 0) is 18.2 Å². The lowest BCUT2D eigenvalue weighted by atomic mass is 10.0. The van der Waals surface area contributed by atoms with Crippen molar-refractivity contribution in [1.82, 2.24) is 4.98 Å². The first-order valence-corrected chi connectivity index (χ1v) is 5.07. The summed E-state index contributed by atoms with van der Waals surface area (Å²) in [5, 5.41) is 0. The molecular formula is C13H9NO2. The Balaban J connectivity index is 2.11. The van der Waals surface area contributed by atoms with E-state index in [9.17, 15) is 4.79 Å². The molecule has 0 radical (unpaired) electrons. The number of benzene rings is 1. The van der Waals surface area contributed by atoms with Crippen LogP contribution in [-0.2, 0) is 4.74 Å². The second kappa shape index (κ2) is 3.45. The number of ether oxygens (including phenoxy) is 1. The van der Waals surface area contributed by atoms with Gasteiger partial charge in [-0.1, -0.05) is 24.3 Å². The molecule has 3 heteroatoms. The highest BCUT2D eigenvalue weighted by atomic mass is 16.5. The molecule has 0 aliphatic carbocycles. The van der Waals surface area contributed by atoms with Crippen LogP contribution < -0.4 is 0 Å². The van der Waals surface area contributed by atoms with Gasteiger partial charge in [-0.2, -0.15) is 0 Å². The van der Waals surface area contributed by atoms with Crippen LogP contribution in [0.5, 0.6) is 0 Å². The van der Waals surface area contributed by atoms with E-state index in [1.807, 2.05) is 36.4 Å². The zero-order valence-electron chi connectivity index (χ0n) is 8.46. The molecule has 3 nitrogen and oxygen atoms in total. The standard InChI is InChI=1S/C13H9NO2/c15-13-10-6-2-1-5-9(10)12(16-13)11-7-3-4-8-14-11/h1-8,12H. The molecular weight excluding hydrogens is 202 g/mol. The zero-order chi connectivity index (χ0) is 11.0. The first kappa shape index (κ1) is 9.09. The third kappa shape index (κ3) is 1.29. The van der Waals surface area contributed by atoms with Gasteiger partial charge in [0.15, 0.2) is 6.10 Å². The summed E-state index contributed by atoms with van der Waals surface area (Å²) in [6, 6.07) is 13.0. The monoisotopic (exact) mass is 211 g/mol. The lowest BCUT2D eigenvalue weighted by Gasteiger charge is -2.08. The Hall–Kier alpha value is -2.16. The molecule has 1 atom stereocenters. The summed E-state index contributed by atoms with van der Waals surface area (Å²) in [6.45, 7) is 0. The van der Waals surface area contributed by atoms with Gasteiger partial charge in [0.05, 0.1) is 11.3 Å². The van der Waals surface area contributed by atoms with E-state index in [-0.39, 0.29) is 12.1 Å². The van der Waals surface area contributed by atoms with Crippen LogP contribution in [0.2, 0.25) is 0 Å². The molecule has 0 bridgehead atoms. The molecule has 1 aromatic heterocycles. The Morgan fingerprint density at radius 3 is 2.69 bits per heavy atom. The van der Waals surface area contributed by atoms with Crippen LogP contribution in [0.4, 0.5) is 0 Å². The van der Waals surface area contributed by atoms with Crippen LogP contribution >= 0.6 is 0 Å². The fraction of sp³-hybridized carbons (Fsp3) is 0.0769. The maximum absolute atomic E-state index is 11.6. The van der Waals surface area contributed by atoms with E-state index in [1.54, 1.807) is 12.3 Å². The van der Waals surface area contributed by atoms with E-state index in [2.05, 4.69) is 4.98 Å². The molecule has 1 unspecified atom stereocenters. The lowest BCUT2D eigenvalue weighted by molar-refractivity contribution is 0.0449. The Morgan fingerprint density at radius 1 is 1.06 bits per heavy atom. The maximum Gasteiger partial charge on any atom is 0.339 e. The third-order valence-corrected chi connectivity index (χ3v) is 2.64. The number of rotatable bonds is 1. The molecule has 2 heterocycles. The van der Waals surface area contributed by atoms with Crippen molar-refractivity contribution >= 4 is 5.97 Å². The molecule has 1 aromatic carbocycles. The topological polar surface area (TPSA) is 39.2 Å². The SMILES string of the molecule is O=C1OC(c2ccccn2)c2ccccc21. The van der Waals surface area contributed by atoms with Gasteiger partial charge >= 0.3 is 5.97 Å². The Bertz CT molecular complexity index is 537. The first-order chi connectivity index (χ1) is 7.86. The number of cyclic esters (lactones) is 1. The maximum atomic E-state index is 11.6. The summed E-state index contributed by atoms with van der Waals surface area (Å²) in [5.41, 5.74) is 2.30.